The van der Waals surface area contributed by atoms with Gasteiger partial charge in [-0.15, -0.1) is 0 Å². The molecule has 0 atom stereocenters. The van der Waals surface area contributed by atoms with Crippen LogP contribution in [0.15, 0.2) is 28.9 Å². The molecular formula is C16H18BrN3. The van der Waals surface area contributed by atoms with Gasteiger partial charge in [-0.25, -0.2) is 4.98 Å². The van der Waals surface area contributed by atoms with Gasteiger partial charge in [0.1, 0.15) is 10.4 Å². The molecule has 0 aliphatic rings. The first kappa shape index (κ1) is 14.8. The second kappa shape index (κ2) is 5.41. The van der Waals surface area contributed by atoms with Crippen LogP contribution in [-0.2, 0) is 18.9 Å². The van der Waals surface area contributed by atoms with E-state index < -0.39 is 0 Å². The van der Waals surface area contributed by atoms with Crippen LogP contribution >= 0.6 is 15.9 Å². The van der Waals surface area contributed by atoms with Crippen molar-refractivity contribution in [1.29, 1.82) is 5.26 Å². The molecule has 0 saturated carbocycles. The maximum absolute atomic E-state index is 8.82. The molecule has 0 fully saturated rings. The summed E-state index contributed by atoms with van der Waals surface area (Å²) in [5, 5.41) is 8.82. The molecule has 2 rings (SSSR count). The molecule has 0 aliphatic heterocycles. The first-order valence-electron chi connectivity index (χ1n) is 6.53. The van der Waals surface area contributed by atoms with Gasteiger partial charge in [0.05, 0.1) is 18.2 Å². The summed E-state index contributed by atoms with van der Waals surface area (Å²) in [6, 6.07) is 10.6. The fourth-order valence-corrected chi connectivity index (χ4v) is 2.50. The minimum atomic E-state index is 0.146. The van der Waals surface area contributed by atoms with Gasteiger partial charge >= 0.3 is 0 Å². The number of aromatic nitrogens is 2. The Kier molecular flexibility index (Phi) is 4.01. The molecule has 0 amide bonds. The zero-order valence-electron chi connectivity index (χ0n) is 12.2. The molecular weight excluding hydrogens is 314 g/mol. The van der Waals surface area contributed by atoms with E-state index in [1.165, 1.54) is 5.56 Å². The smallest absolute Gasteiger partial charge is 0.140 e. The topological polar surface area (TPSA) is 41.6 Å². The fraction of sp³-hybridized carbons (Fsp3) is 0.375. The van der Waals surface area contributed by atoms with Gasteiger partial charge < -0.3 is 4.57 Å². The standard InChI is InChI=1S/C16H18BrN3/c1-16(2,3)12-7-5-11(6-8-12)15-19-13(9-10-18)14(17)20(15)4/h5-8H,9H2,1-4H3. The van der Waals surface area contributed by atoms with Gasteiger partial charge in [-0.05, 0) is 26.9 Å². The van der Waals surface area contributed by atoms with Gasteiger partial charge in [0.15, 0.2) is 0 Å². The molecule has 0 N–H and O–H groups in total. The lowest BCUT2D eigenvalue weighted by molar-refractivity contribution is 0.590. The average Bonchev–Trinajstić information content (AvgIpc) is 2.67. The summed E-state index contributed by atoms with van der Waals surface area (Å²) in [4.78, 5) is 4.55. The van der Waals surface area contributed by atoms with Crippen LogP contribution in [0, 0.1) is 11.3 Å². The van der Waals surface area contributed by atoms with E-state index in [2.05, 4.69) is 72.0 Å². The van der Waals surface area contributed by atoms with E-state index >= 15 is 0 Å². The highest BCUT2D eigenvalue weighted by Gasteiger charge is 2.16. The van der Waals surface area contributed by atoms with Crippen molar-refractivity contribution in [2.45, 2.75) is 32.6 Å². The molecule has 104 valence electrons. The lowest BCUT2D eigenvalue weighted by atomic mass is 9.87. The van der Waals surface area contributed by atoms with Gasteiger partial charge in [-0.3, -0.25) is 0 Å². The van der Waals surface area contributed by atoms with E-state index in [0.29, 0.717) is 6.42 Å². The molecule has 0 radical (unpaired) electrons. The molecule has 1 aromatic heterocycles. The monoisotopic (exact) mass is 331 g/mol. The number of hydrogen-bond donors (Lipinski definition) is 0. The van der Waals surface area contributed by atoms with Crippen LogP contribution in [0.25, 0.3) is 11.4 Å². The minimum Gasteiger partial charge on any atom is -0.322 e. The van der Waals surface area contributed by atoms with Crippen LogP contribution in [-0.4, -0.2) is 9.55 Å². The first-order valence-corrected chi connectivity index (χ1v) is 7.33. The van der Waals surface area contributed by atoms with Crippen molar-refractivity contribution in [3.63, 3.8) is 0 Å². The van der Waals surface area contributed by atoms with Gasteiger partial charge in [0.25, 0.3) is 0 Å². The molecule has 0 aliphatic carbocycles. The van der Waals surface area contributed by atoms with Crippen LogP contribution in [0.4, 0.5) is 0 Å². The fourth-order valence-electron chi connectivity index (χ4n) is 2.10. The predicted molar refractivity (Wildman–Crippen MR) is 84.4 cm³/mol. The molecule has 0 unspecified atom stereocenters. The van der Waals surface area contributed by atoms with Crippen molar-refractivity contribution < 1.29 is 0 Å². The quantitative estimate of drug-likeness (QED) is 0.826. The Labute approximate surface area is 128 Å². The highest BCUT2D eigenvalue weighted by Crippen LogP contribution is 2.28. The van der Waals surface area contributed by atoms with Gasteiger partial charge in [-0.2, -0.15) is 5.26 Å². The van der Waals surface area contributed by atoms with Crippen LogP contribution < -0.4 is 0 Å². The van der Waals surface area contributed by atoms with Crippen LogP contribution in [0.3, 0.4) is 0 Å². The summed E-state index contributed by atoms with van der Waals surface area (Å²) < 4.78 is 2.84. The van der Waals surface area contributed by atoms with Crippen LogP contribution in [0.5, 0.6) is 0 Å². The third-order valence-corrected chi connectivity index (χ3v) is 4.34. The lowest BCUT2D eigenvalue weighted by Crippen LogP contribution is -2.10. The van der Waals surface area contributed by atoms with E-state index in [9.17, 15) is 0 Å². The van der Waals surface area contributed by atoms with E-state index in [0.717, 1.165) is 21.7 Å². The van der Waals surface area contributed by atoms with E-state index in [4.69, 9.17) is 5.26 Å². The molecule has 0 spiro atoms. The number of halogens is 1. The minimum absolute atomic E-state index is 0.146. The number of hydrogen-bond acceptors (Lipinski definition) is 2. The number of nitrogens with zero attached hydrogens (tertiary/aromatic N) is 3. The van der Waals surface area contributed by atoms with Crippen molar-refractivity contribution in [2.24, 2.45) is 7.05 Å². The highest BCUT2D eigenvalue weighted by molar-refractivity contribution is 9.10. The normalized spacial score (nSPS) is 11.4. The highest BCUT2D eigenvalue weighted by atomic mass is 79.9. The van der Waals surface area contributed by atoms with Crippen molar-refractivity contribution in [1.82, 2.24) is 9.55 Å². The van der Waals surface area contributed by atoms with Crippen molar-refractivity contribution in [3.05, 3.63) is 40.1 Å². The number of rotatable bonds is 2. The Morgan fingerprint density at radius 3 is 2.35 bits per heavy atom. The van der Waals surface area contributed by atoms with Gasteiger partial charge in [0, 0.05) is 12.6 Å². The third kappa shape index (κ3) is 2.78. The second-order valence-corrected chi connectivity index (χ2v) is 6.65. The molecule has 1 aromatic carbocycles. The summed E-state index contributed by atoms with van der Waals surface area (Å²) in [6.45, 7) is 6.60. The van der Waals surface area contributed by atoms with E-state index in [-0.39, 0.29) is 5.41 Å². The SMILES string of the molecule is Cn1c(-c2ccc(C(C)(C)C)cc2)nc(CC#N)c1Br. The summed E-state index contributed by atoms with van der Waals surface area (Å²) in [5.41, 5.74) is 3.29. The predicted octanol–water partition coefficient (Wildman–Crippen LogP) is 4.21. The Bertz CT molecular complexity index is 655. The summed E-state index contributed by atoms with van der Waals surface area (Å²) in [5.74, 6) is 0.877. The molecule has 0 saturated heterocycles. The van der Waals surface area contributed by atoms with Crippen LogP contribution in [0.2, 0.25) is 0 Å². The Morgan fingerprint density at radius 2 is 1.85 bits per heavy atom. The molecule has 2 aromatic rings. The maximum Gasteiger partial charge on any atom is 0.140 e. The zero-order chi connectivity index (χ0) is 14.9. The molecule has 3 nitrogen and oxygen atoms in total. The Morgan fingerprint density at radius 1 is 1.25 bits per heavy atom. The summed E-state index contributed by atoms with van der Waals surface area (Å²) in [6.07, 6.45) is 0.314. The number of nitriles is 1. The molecule has 0 bridgehead atoms. The van der Waals surface area contributed by atoms with Gasteiger partial charge in [-0.1, -0.05) is 45.0 Å². The largest absolute Gasteiger partial charge is 0.322 e. The Hall–Kier alpha value is -1.60. The van der Waals surface area contributed by atoms with Crippen molar-refractivity contribution >= 4 is 15.9 Å². The van der Waals surface area contributed by atoms with Crippen molar-refractivity contribution in [2.75, 3.05) is 0 Å². The summed E-state index contributed by atoms with van der Waals surface area (Å²) >= 11 is 3.49. The number of benzene rings is 1. The molecule has 20 heavy (non-hydrogen) atoms. The van der Waals surface area contributed by atoms with Gasteiger partial charge in [0.2, 0.25) is 0 Å². The second-order valence-electron chi connectivity index (χ2n) is 5.89. The Balaban J connectivity index is 2.43. The van der Waals surface area contributed by atoms with Crippen LogP contribution in [0.1, 0.15) is 32.0 Å². The first-order chi connectivity index (χ1) is 9.34. The average molecular weight is 332 g/mol. The van der Waals surface area contributed by atoms with E-state index in [1.807, 2.05) is 11.6 Å². The van der Waals surface area contributed by atoms with Crippen molar-refractivity contribution in [3.8, 4) is 17.5 Å². The molecule has 4 heteroatoms. The maximum atomic E-state index is 8.82. The zero-order valence-corrected chi connectivity index (χ0v) is 13.8. The van der Waals surface area contributed by atoms with E-state index in [1.54, 1.807) is 0 Å². The third-order valence-electron chi connectivity index (χ3n) is 3.35. The summed E-state index contributed by atoms with van der Waals surface area (Å²) in [7, 11) is 1.95. The lowest BCUT2D eigenvalue weighted by Gasteiger charge is -2.19. The molecule has 1 heterocycles. The number of imidazole rings is 1.